The fourth-order valence-electron chi connectivity index (χ4n) is 3.66. The van der Waals surface area contributed by atoms with Crippen LogP contribution in [0.15, 0.2) is 18.3 Å². The third-order valence-corrected chi connectivity index (χ3v) is 7.34. The third kappa shape index (κ3) is 4.01. The number of nitrogens with zero attached hydrogens (tertiary/aromatic N) is 6. The normalized spacial score (nSPS) is 19.0. The Balaban J connectivity index is 1.86. The van der Waals surface area contributed by atoms with Crippen molar-refractivity contribution in [2.75, 3.05) is 46.8 Å². The molecule has 0 aliphatic carbocycles. The minimum atomic E-state index is -3.40. The predicted octanol–water partition coefficient (Wildman–Crippen LogP) is 1.37. The lowest BCUT2D eigenvalue weighted by Gasteiger charge is -2.25. The van der Waals surface area contributed by atoms with E-state index in [-0.39, 0.29) is 5.92 Å². The molecule has 150 valence electrons. The van der Waals surface area contributed by atoms with Gasteiger partial charge in [-0.2, -0.15) is 22.1 Å². The van der Waals surface area contributed by atoms with Crippen molar-refractivity contribution in [3.8, 4) is 0 Å². The zero-order chi connectivity index (χ0) is 19.6. The molecule has 9 heteroatoms. The number of hydrogen-bond acceptors (Lipinski definition) is 5. The minimum absolute atomic E-state index is 0.0997. The molecule has 3 heterocycles. The van der Waals surface area contributed by atoms with E-state index in [1.807, 2.05) is 44.8 Å². The molecule has 0 bridgehead atoms. The smallest absolute Gasteiger partial charge is 0.281 e. The maximum atomic E-state index is 12.8. The topological polar surface area (TPSA) is 74.6 Å². The molecule has 1 saturated heterocycles. The summed E-state index contributed by atoms with van der Waals surface area (Å²) < 4.78 is 30.7. The zero-order valence-electron chi connectivity index (χ0n) is 16.7. The fraction of sp³-hybridized carbons (Fsp3) is 0.667. The Morgan fingerprint density at radius 2 is 2.00 bits per heavy atom. The Hall–Kier alpha value is -1.55. The summed E-state index contributed by atoms with van der Waals surface area (Å²) in [4.78, 5) is 6.63. The molecule has 0 N–H and O–H groups in total. The average molecular weight is 395 g/mol. The maximum Gasteiger partial charge on any atom is 0.281 e. The molecule has 2 aromatic rings. The monoisotopic (exact) mass is 394 g/mol. The van der Waals surface area contributed by atoms with Crippen molar-refractivity contribution in [3.63, 3.8) is 0 Å². The van der Waals surface area contributed by atoms with Gasteiger partial charge in [-0.1, -0.05) is 13.8 Å². The van der Waals surface area contributed by atoms with E-state index in [2.05, 4.69) is 9.88 Å². The van der Waals surface area contributed by atoms with Gasteiger partial charge in [-0.05, 0) is 32.6 Å². The van der Waals surface area contributed by atoms with Crippen molar-refractivity contribution in [3.05, 3.63) is 24.0 Å². The number of pyridine rings is 1. The Bertz CT molecular complexity index is 875. The number of fused-ring (bicyclic) bond motifs is 1. The molecule has 1 atom stereocenters. The summed E-state index contributed by atoms with van der Waals surface area (Å²) in [6.07, 6.45) is 2.57. The summed E-state index contributed by atoms with van der Waals surface area (Å²) in [7, 11) is 0.669. The Morgan fingerprint density at radius 3 is 2.67 bits per heavy atom. The molecule has 2 aromatic heterocycles. The molecular weight excluding hydrogens is 364 g/mol. The lowest BCUT2D eigenvalue weighted by molar-refractivity contribution is 0.373. The van der Waals surface area contributed by atoms with Crippen LogP contribution in [0, 0.1) is 0 Å². The highest BCUT2D eigenvalue weighted by Gasteiger charge is 2.36. The molecule has 0 spiro atoms. The summed E-state index contributed by atoms with van der Waals surface area (Å²) in [5.74, 6) is 0.0997. The van der Waals surface area contributed by atoms with E-state index in [1.165, 1.54) is 4.31 Å². The highest BCUT2D eigenvalue weighted by Crippen LogP contribution is 2.33. The van der Waals surface area contributed by atoms with Gasteiger partial charge in [-0.3, -0.25) is 0 Å². The Kier molecular flexibility index (Phi) is 6.15. The molecule has 0 saturated carbocycles. The minimum Gasteiger partial charge on any atom is -0.308 e. The molecule has 1 aliphatic heterocycles. The first kappa shape index (κ1) is 20.2. The van der Waals surface area contributed by atoms with Crippen molar-refractivity contribution in [2.45, 2.75) is 32.7 Å². The van der Waals surface area contributed by atoms with Crippen LogP contribution in [0.4, 0.5) is 0 Å². The average Bonchev–Trinajstić information content (AvgIpc) is 3.26. The van der Waals surface area contributed by atoms with Crippen LogP contribution in [0.2, 0.25) is 0 Å². The van der Waals surface area contributed by atoms with Gasteiger partial charge in [-0.25, -0.2) is 9.67 Å². The SMILES string of the molecule is CCN(CC)S(=O)(=O)N1CC[C@H](c2nn(CCN(C)C)c3ncccc23)C1. The second-order valence-corrected chi connectivity index (χ2v) is 9.15. The fourth-order valence-corrected chi connectivity index (χ4v) is 5.34. The van der Waals surface area contributed by atoms with Gasteiger partial charge in [0, 0.05) is 50.2 Å². The second kappa shape index (κ2) is 8.22. The predicted molar refractivity (Wildman–Crippen MR) is 107 cm³/mol. The molecule has 0 unspecified atom stereocenters. The summed E-state index contributed by atoms with van der Waals surface area (Å²) >= 11 is 0. The van der Waals surface area contributed by atoms with Gasteiger partial charge in [0.2, 0.25) is 0 Å². The third-order valence-electron chi connectivity index (χ3n) is 5.19. The van der Waals surface area contributed by atoms with Crippen molar-refractivity contribution in [1.82, 2.24) is 28.3 Å². The van der Waals surface area contributed by atoms with Gasteiger partial charge < -0.3 is 4.90 Å². The highest BCUT2D eigenvalue weighted by molar-refractivity contribution is 7.86. The van der Waals surface area contributed by atoms with E-state index in [0.29, 0.717) is 26.2 Å². The van der Waals surface area contributed by atoms with Crippen molar-refractivity contribution in [2.24, 2.45) is 0 Å². The Labute approximate surface area is 161 Å². The van der Waals surface area contributed by atoms with Gasteiger partial charge in [0.15, 0.2) is 5.65 Å². The van der Waals surface area contributed by atoms with Crippen LogP contribution in [0.3, 0.4) is 0 Å². The molecule has 0 aromatic carbocycles. The highest BCUT2D eigenvalue weighted by atomic mass is 32.2. The number of likely N-dealkylation sites (N-methyl/N-ethyl adjacent to an activating group) is 1. The molecule has 0 radical (unpaired) electrons. The number of hydrogen-bond donors (Lipinski definition) is 0. The second-order valence-electron chi connectivity index (χ2n) is 7.22. The largest absolute Gasteiger partial charge is 0.308 e. The Morgan fingerprint density at radius 1 is 1.26 bits per heavy atom. The molecule has 3 rings (SSSR count). The summed E-state index contributed by atoms with van der Waals surface area (Å²) in [6.45, 7) is 7.39. The van der Waals surface area contributed by atoms with Crippen LogP contribution in [0.1, 0.15) is 31.9 Å². The molecule has 1 aliphatic rings. The van der Waals surface area contributed by atoms with E-state index in [9.17, 15) is 8.42 Å². The molecular formula is C18H30N6O2S. The summed E-state index contributed by atoms with van der Waals surface area (Å²) in [6, 6.07) is 3.96. The van der Waals surface area contributed by atoms with Crippen LogP contribution >= 0.6 is 0 Å². The lowest BCUT2D eigenvalue weighted by atomic mass is 10.0. The maximum absolute atomic E-state index is 12.8. The molecule has 0 amide bonds. The first-order valence-corrected chi connectivity index (χ1v) is 11.0. The molecule has 1 fully saturated rings. The van der Waals surface area contributed by atoms with Gasteiger partial charge in [0.05, 0.1) is 12.2 Å². The summed E-state index contributed by atoms with van der Waals surface area (Å²) in [5, 5.41) is 5.87. The number of rotatable bonds is 8. The molecule has 8 nitrogen and oxygen atoms in total. The zero-order valence-corrected chi connectivity index (χ0v) is 17.5. The van der Waals surface area contributed by atoms with Crippen LogP contribution < -0.4 is 0 Å². The van der Waals surface area contributed by atoms with E-state index >= 15 is 0 Å². The lowest BCUT2D eigenvalue weighted by Crippen LogP contribution is -2.42. The van der Waals surface area contributed by atoms with Gasteiger partial charge in [0.25, 0.3) is 10.2 Å². The van der Waals surface area contributed by atoms with Gasteiger partial charge in [0.1, 0.15) is 0 Å². The van der Waals surface area contributed by atoms with Gasteiger partial charge >= 0.3 is 0 Å². The van der Waals surface area contributed by atoms with E-state index in [4.69, 9.17) is 5.10 Å². The number of aromatic nitrogens is 3. The standard InChI is InChI=1S/C18H30N6O2S/c1-5-22(6-2)27(25,26)23-11-9-15(14-23)17-16-8-7-10-19-18(16)24(20-17)13-12-21(3)4/h7-8,10,15H,5-6,9,11-14H2,1-4H3/t15-/m0/s1. The quantitative estimate of drug-likeness (QED) is 0.676. The van der Waals surface area contributed by atoms with Crippen LogP contribution in [0.25, 0.3) is 11.0 Å². The molecule has 27 heavy (non-hydrogen) atoms. The van der Waals surface area contributed by atoms with Crippen LogP contribution in [-0.4, -0.2) is 83.5 Å². The van der Waals surface area contributed by atoms with Crippen LogP contribution in [-0.2, 0) is 16.8 Å². The van der Waals surface area contributed by atoms with E-state index < -0.39 is 10.2 Å². The first-order chi connectivity index (χ1) is 12.9. The van der Waals surface area contributed by atoms with Crippen molar-refractivity contribution in [1.29, 1.82) is 0 Å². The van der Waals surface area contributed by atoms with Gasteiger partial charge in [-0.15, -0.1) is 0 Å². The van der Waals surface area contributed by atoms with E-state index in [1.54, 1.807) is 10.5 Å². The first-order valence-electron chi connectivity index (χ1n) is 9.59. The van der Waals surface area contributed by atoms with Crippen LogP contribution in [0.5, 0.6) is 0 Å². The summed E-state index contributed by atoms with van der Waals surface area (Å²) in [5.41, 5.74) is 1.84. The van der Waals surface area contributed by atoms with E-state index in [0.717, 1.165) is 36.2 Å². The van der Waals surface area contributed by atoms with Crippen molar-refractivity contribution < 1.29 is 8.42 Å². The van der Waals surface area contributed by atoms with Crippen molar-refractivity contribution >= 4 is 21.2 Å².